The van der Waals surface area contributed by atoms with Crippen molar-refractivity contribution in [2.45, 2.75) is 31.4 Å². The second-order valence-electron chi connectivity index (χ2n) is 6.51. The molecular formula is C17H22N4O2. The van der Waals surface area contributed by atoms with Crippen LogP contribution in [-0.4, -0.2) is 69.3 Å². The molecule has 1 aromatic heterocycles. The van der Waals surface area contributed by atoms with E-state index in [0.717, 1.165) is 43.3 Å². The van der Waals surface area contributed by atoms with E-state index >= 15 is 0 Å². The van der Waals surface area contributed by atoms with E-state index in [4.69, 9.17) is 0 Å². The Bertz CT molecular complexity index is 705. The van der Waals surface area contributed by atoms with Gasteiger partial charge in [-0.1, -0.05) is 18.2 Å². The van der Waals surface area contributed by atoms with Crippen LogP contribution in [0.5, 0.6) is 0 Å². The number of aliphatic hydroxyl groups excluding tert-OH is 1. The fourth-order valence-electron chi connectivity index (χ4n) is 3.88. The zero-order chi connectivity index (χ0) is 15.8. The Hall–Kier alpha value is -1.92. The second-order valence-corrected chi connectivity index (χ2v) is 6.51. The third-order valence-corrected chi connectivity index (χ3v) is 5.19. The molecule has 6 nitrogen and oxygen atoms in total. The number of para-hydroxylation sites is 1. The lowest BCUT2D eigenvalue weighted by Crippen LogP contribution is -2.53. The lowest BCUT2D eigenvalue weighted by atomic mass is 10.1. The molecule has 1 aliphatic carbocycles. The number of nitrogens with zero attached hydrogens (tertiary/aromatic N) is 3. The van der Waals surface area contributed by atoms with Crippen molar-refractivity contribution in [2.75, 3.05) is 26.2 Å². The van der Waals surface area contributed by atoms with E-state index in [1.54, 1.807) is 0 Å². The van der Waals surface area contributed by atoms with E-state index in [9.17, 15) is 9.90 Å². The summed E-state index contributed by atoms with van der Waals surface area (Å²) in [7, 11) is 0. The predicted molar refractivity (Wildman–Crippen MR) is 87.2 cm³/mol. The normalized spacial score (nSPS) is 26.0. The predicted octanol–water partition coefficient (Wildman–Crippen LogP) is 1.23. The number of amides is 1. The van der Waals surface area contributed by atoms with Crippen LogP contribution in [-0.2, 0) is 0 Å². The molecule has 6 heteroatoms. The number of aromatic amines is 1. The monoisotopic (exact) mass is 314 g/mol. The van der Waals surface area contributed by atoms with Gasteiger partial charge in [-0.25, -0.2) is 0 Å². The Kier molecular flexibility index (Phi) is 3.79. The summed E-state index contributed by atoms with van der Waals surface area (Å²) in [5.74, 6) is -0.00549. The van der Waals surface area contributed by atoms with Gasteiger partial charge in [-0.3, -0.25) is 14.8 Å². The highest BCUT2D eigenvalue weighted by Gasteiger charge is 2.34. The summed E-state index contributed by atoms with van der Waals surface area (Å²) >= 11 is 0. The highest BCUT2D eigenvalue weighted by molar-refractivity contribution is 6.04. The summed E-state index contributed by atoms with van der Waals surface area (Å²) in [6.07, 6.45) is 2.87. The average molecular weight is 314 g/mol. The molecule has 0 radical (unpaired) electrons. The van der Waals surface area contributed by atoms with Crippen LogP contribution in [0.25, 0.3) is 10.9 Å². The first kappa shape index (κ1) is 14.7. The quantitative estimate of drug-likeness (QED) is 0.874. The molecule has 1 aliphatic heterocycles. The van der Waals surface area contributed by atoms with Crippen LogP contribution in [0, 0.1) is 0 Å². The van der Waals surface area contributed by atoms with Crippen LogP contribution in [0.2, 0.25) is 0 Å². The smallest absolute Gasteiger partial charge is 0.275 e. The number of benzene rings is 1. The number of piperazine rings is 1. The maximum Gasteiger partial charge on any atom is 0.275 e. The van der Waals surface area contributed by atoms with Crippen molar-refractivity contribution in [1.82, 2.24) is 20.0 Å². The molecule has 23 heavy (non-hydrogen) atoms. The first-order valence-corrected chi connectivity index (χ1v) is 8.38. The minimum absolute atomic E-state index is 0.00549. The van der Waals surface area contributed by atoms with Gasteiger partial charge in [0.25, 0.3) is 5.91 Å². The summed E-state index contributed by atoms with van der Waals surface area (Å²) in [6, 6.07) is 7.99. The van der Waals surface area contributed by atoms with Crippen molar-refractivity contribution in [3.63, 3.8) is 0 Å². The Balaban J connectivity index is 1.45. The van der Waals surface area contributed by atoms with Crippen LogP contribution in [0.4, 0.5) is 0 Å². The van der Waals surface area contributed by atoms with Gasteiger partial charge in [-0.05, 0) is 25.3 Å². The van der Waals surface area contributed by atoms with E-state index in [2.05, 4.69) is 15.1 Å². The SMILES string of the molecule is O=C(c1n[nH]c2ccccc12)N1CCN(C2CCCC2O)CC1. The number of aliphatic hydroxyl groups is 1. The molecule has 0 bridgehead atoms. The first-order chi connectivity index (χ1) is 11.2. The topological polar surface area (TPSA) is 72.5 Å². The highest BCUT2D eigenvalue weighted by atomic mass is 16.3. The molecule has 2 N–H and O–H groups in total. The van der Waals surface area contributed by atoms with E-state index < -0.39 is 0 Å². The van der Waals surface area contributed by atoms with Crippen molar-refractivity contribution < 1.29 is 9.90 Å². The number of nitrogens with one attached hydrogen (secondary N) is 1. The van der Waals surface area contributed by atoms with Crippen molar-refractivity contribution in [2.24, 2.45) is 0 Å². The Labute approximate surface area is 135 Å². The molecule has 1 saturated heterocycles. The average Bonchev–Trinajstić information content (AvgIpc) is 3.20. The zero-order valence-corrected chi connectivity index (χ0v) is 13.1. The minimum Gasteiger partial charge on any atom is -0.391 e. The summed E-state index contributed by atoms with van der Waals surface area (Å²) < 4.78 is 0. The summed E-state index contributed by atoms with van der Waals surface area (Å²) in [4.78, 5) is 17.0. The number of hydrogen-bond acceptors (Lipinski definition) is 4. The first-order valence-electron chi connectivity index (χ1n) is 8.38. The molecule has 2 fully saturated rings. The van der Waals surface area contributed by atoms with Crippen LogP contribution in [0.1, 0.15) is 29.8 Å². The number of hydrogen-bond donors (Lipinski definition) is 2. The second kappa shape index (κ2) is 5.94. The van der Waals surface area contributed by atoms with Gasteiger partial charge in [0.2, 0.25) is 0 Å². The maximum atomic E-state index is 12.7. The molecule has 2 unspecified atom stereocenters. The summed E-state index contributed by atoms with van der Waals surface area (Å²) in [5, 5.41) is 18.1. The van der Waals surface area contributed by atoms with Gasteiger partial charge in [-0.15, -0.1) is 0 Å². The Morgan fingerprint density at radius 3 is 2.70 bits per heavy atom. The molecule has 1 amide bonds. The summed E-state index contributed by atoms with van der Waals surface area (Å²) in [5.41, 5.74) is 1.40. The molecule has 1 saturated carbocycles. The Morgan fingerprint density at radius 1 is 1.17 bits per heavy atom. The van der Waals surface area contributed by atoms with Crippen molar-refractivity contribution in [3.8, 4) is 0 Å². The van der Waals surface area contributed by atoms with Gasteiger partial charge < -0.3 is 10.0 Å². The van der Waals surface area contributed by atoms with Crippen LogP contribution in [0.15, 0.2) is 24.3 Å². The van der Waals surface area contributed by atoms with Gasteiger partial charge in [0.15, 0.2) is 5.69 Å². The third-order valence-electron chi connectivity index (χ3n) is 5.19. The van der Waals surface area contributed by atoms with Gasteiger partial charge in [0, 0.05) is 37.6 Å². The number of fused-ring (bicyclic) bond motifs is 1. The van der Waals surface area contributed by atoms with Crippen molar-refractivity contribution in [1.29, 1.82) is 0 Å². The van der Waals surface area contributed by atoms with E-state index in [0.29, 0.717) is 18.8 Å². The standard InChI is InChI=1S/C17H22N4O2/c22-15-7-3-6-14(15)20-8-10-21(11-9-20)17(23)16-12-4-1-2-5-13(12)18-19-16/h1-2,4-5,14-15,22H,3,6-11H2,(H,18,19). The molecule has 2 atom stereocenters. The molecular weight excluding hydrogens is 292 g/mol. The van der Waals surface area contributed by atoms with Crippen LogP contribution in [0.3, 0.4) is 0 Å². The van der Waals surface area contributed by atoms with Gasteiger partial charge in [0.05, 0.1) is 11.6 Å². The number of carbonyl (C=O) groups excluding carboxylic acids is 1. The molecule has 1 aromatic carbocycles. The van der Waals surface area contributed by atoms with Gasteiger partial charge in [-0.2, -0.15) is 5.10 Å². The Morgan fingerprint density at radius 2 is 1.96 bits per heavy atom. The third kappa shape index (κ3) is 2.62. The van der Waals surface area contributed by atoms with E-state index in [1.165, 1.54) is 0 Å². The molecule has 4 rings (SSSR count). The highest BCUT2D eigenvalue weighted by Crippen LogP contribution is 2.25. The molecule has 2 aromatic rings. The number of rotatable bonds is 2. The maximum absolute atomic E-state index is 12.7. The minimum atomic E-state index is -0.201. The van der Waals surface area contributed by atoms with Crippen molar-refractivity contribution >= 4 is 16.8 Å². The largest absolute Gasteiger partial charge is 0.391 e. The van der Waals surface area contributed by atoms with Crippen LogP contribution >= 0.6 is 0 Å². The number of aromatic nitrogens is 2. The molecule has 122 valence electrons. The molecule has 2 aliphatic rings. The zero-order valence-electron chi connectivity index (χ0n) is 13.1. The number of H-pyrrole nitrogens is 1. The lowest BCUT2D eigenvalue weighted by molar-refractivity contribution is 0.0314. The lowest BCUT2D eigenvalue weighted by Gasteiger charge is -2.38. The van der Waals surface area contributed by atoms with Gasteiger partial charge in [0.1, 0.15) is 0 Å². The fourth-order valence-corrected chi connectivity index (χ4v) is 3.88. The van der Waals surface area contributed by atoms with Crippen molar-refractivity contribution in [3.05, 3.63) is 30.0 Å². The number of carbonyl (C=O) groups is 1. The molecule has 2 heterocycles. The van der Waals surface area contributed by atoms with E-state index in [1.807, 2.05) is 29.2 Å². The van der Waals surface area contributed by atoms with E-state index in [-0.39, 0.29) is 18.1 Å². The van der Waals surface area contributed by atoms with Gasteiger partial charge >= 0.3 is 0 Å². The summed E-state index contributed by atoms with van der Waals surface area (Å²) in [6.45, 7) is 3.05. The fraction of sp³-hybridized carbons (Fsp3) is 0.529. The molecule has 0 spiro atoms. The van der Waals surface area contributed by atoms with Crippen LogP contribution < -0.4 is 0 Å².